The fraction of sp³-hybridized carbons (Fsp3) is 0.0833. The molecule has 2 rings (SSSR count). The lowest BCUT2D eigenvalue weighted by atomic mass is 10.2. The normalized spacial score (nSPS) is 10.5. The highest BCUT2D eigenvalue weighted by Crippen LogP contribution is 2.23. The van der Waals surface area contributed by atoms with Gasteiger partial charge in [0.25, 0.3) is 5.56 Å². The molecule has 1 aromatic heterocycles. The van der Waals surface area contributed by atoms with Crippen molar-refractivity contribution in [1.82, 2.24) is 9.55 Å². The molecule has 1 aromatic carbocycles. The zero-order chi connectivity index (χ0) is 14.2. The summed E-state index contributed by atoms with van der Waals surface area (Å²) in [6.07, 6.45) is 1.12. The summed E-state index contributed by atoms with van der Waals surface area (Å²) in [7, 11) is 0. The Labute approximate surface area is 121 Å². The molecule has 0 aliphatic heterocycles. The van der Waals surface area contributed by atoms with Crippen molar-refractivity contribution in [2.24, 2.45) is 0 Å². The first kappa shape index (κ1) is 13.8. The molecule has 0 saturated heterocycles. The van der Waals surface area contributed by atoms with Crippen molar-refractivity contribution in [3.8, 4) is 5.69 Å². The van der Waals surface area contributed by atoms with Gasteiger partial charge in [0.1, 0.15) is 0 Å². The largest absolute Gasteiger partial charge is 0.333 e. The molecule has 0 saturated carbocycles. The van der Waals surface area contributed by atoms with Gasteiger partial charge in [0, 0.05) is 10.7 Å². The van der Waals surface area contributed by atoms with Gasteiger partial charge in [-0.2, -0.15) is 0 Å². The number of benzene rings is 1. The molecule has 0 aliphatic carbocycles. The smallest absolute Gasteiger partial charge is 0.313 e. The van der Waals surface area contributed by atoms with Crippen LogP contribution in [0.1, 0.15) is 17.3 Å². The first-order chi connectivity index (χ1) is 8.91. The zero-order valence-electron chi connectivity index (χ0n) is 9.74. The molecule has 0 aliphatic rings. The Bertz CT molecular complexity index is 779. The minimum absolute atomic E-state index is 0.0781. The van der Waals surface area contributed by atoms with E-state index in [0.717, 1.165) is 10.8 Å². The van der Waals surface area contributed by atoms with Crippen LogP contribution in [0.5, 0.6) is 0 Å². The molecule has 5 nitrogen and oxygen atoms in total. The van der Waals surface area contributed by atoms with Crippen LogP contribution in [0, 0.1) is 0 Å². The molecule has 0 fully saturated rings. The third-order valence-corrected chi connectivity index (χ3v) is 3.73. The Morgan fingerprint density at radius 3 is 2.63 bits per heavy atom. The lowest BCUT2D eigenvalue weighted by Crippen LogP contribution is -2.36. The van der Waals surface area contributed by atoms with Crippen LogP contribution in [-0.4, -0.2) is 15.3 Å². The van der Waals surface area contributed by atoms with Crippen molar-refractivity contribution < 1.29 is 4.79 Å². The van der Waals surface area contributed by atoms with Gasteiger partial charge < -0.3 is 4.98 Å². The van der Waals surface area contributed by atoms with Crippen molar-refractivity contribution in [2.75, 3.05) is 0 Å². The SMILES string of the molecule is CC(=O)c1c[nH]c(=O)n(-c2ccc(Cl)c(Br)c2)c1=O. The summed E-state index contributed by atoms with van der Waals surface area (Å²) in [6, 6.07) is 4.60. The average Bonchev–Trinajstić information content (AvgIpc) is 2.33. The Kier molecular flexibility index (Phi) is 3.73. The number of ketones is 1. The van der Waals surface area contributed by atoms with E-state index < -0.39 is 17.0 Å². The quantitative estimate of drug-likeness (QED) is 0.849. The van der Waals surface area contributed by atoms with E-state index >= 15 is 0 Å². The van der Waals surface area contributed by atoms with Gasteiger partial charge >= 0.3 is 5.69 Å². The van der Waals surface area contributed by atoms with Gasteiger partial charge in [-0.25, -0.2) is 9.36 Å². The number of rotatable bonds is 2. The van der Waals surface area contributed by atoms with E-state index in [1.165, 1.54) is 19.1 Å². The van der Waals surface area contributed by atoms with Crippen molar-refractivity contribution in [3.05, 3.63) is 60.3 Å². The number of Topliss-reactive ketones (excluding diaryl/α,β-unsaturated/α-hetero) is 1. The third-order valence-electron chi connectivity index (χ3n) is 2.52. The van der Waals surface area contributed by atoms with E-state index in [2.05, 4.69) is 20.9 Å². The Balaban J connectivity index is 2.78. The maximum Gasteiger partial charge on any atom is 0.333 e. The summed E-state index contributed by atoms with van der Waals surface area (Å²) in [4.78, 5) is 37.5. The Morgan fingerprint density at radius 2 is 2.05 bits per heavy atom. The molecule has 0 radical (unpaired) electrons. The van der Waals surface area contributed by atoms with Gasteiger partial charge in [0.2, 0.25) is 0 Å². The summed E-state index contributed by atoms with van der Waals surface area (Å²) in [5.41, 5.74) is -1.04. The maximum atomic E-state index is 12.1. The van der Waals surface area contributed by atoms with Crippen LogP contribution in [0.2, 0.25) is 5.02 Å². The number of H-pyrrole nitrogens is 1. The highest BCUT2D eigenvalue weighted by atomic mass is 79.9. The highest BCUT2D eigenvalue weighted by Gasteiger charge is 2.13. The number of hydrogen-bond acceptors (Lipinski definition) is 3. The number of aromatic amines is 1. The van der Waals surface area contributed by atoms with Crippen molar-refractivity contribution in [3.63, 3.8) is 0 Å². The van der Waals surface area contributed by atoms with E-state index in [9.17, 15) is 14.4 Å². The molecule has 1 heterocycles. The minimum Gasteiger partial charge on any atom is -0.313 e. The van der Waals surface area contributed by atoms with Crippen LogP contribution in [-0.2, 0) is 0 Å². The minimum atomic E-state index is -0.662. The fourth-order valence-corrected chi connectivity index (χ4v) is 2.07. The van der Waals surface area contributed by atoms with Crippen molar-refractivity contribution in [2.45, 2.75) is 6.92 Å². The molecule has 2 aromatic rings. The van der Waals surface area contributed by atoms with E-state index in [1.54, 1.807) is 6.07 Å². The van der Waals surface area contributed by atoms with E-state index in [4.69, 9.17) is 11.6 Å². The molecule has 7 heteroatoms. The summed E-state index contributed by atoms with van der Waals surface area (Å²) >= 11 is 9.07. The van der Waals surface area contributed by atoms with Crippen LogP contribution < -0.4 is 11.2 Å². The monoisotopic (exact) mass is 342 g/mol. The molecule has 0 spiro atoms. The van der Waals surface area contributed by atoms with E-state index in [1.807, 2.05) is 0 Å². The maximum absolute atomic E-state index is 12.1. The molecule has 19 heavy (non-hydrogen) atoms. The molecule has 1 N–H and O–H groups in total. The van der Waals surface area contributed by atoms with Gasteiger partial charge in [-0.15, -0.1) is 0 Å². The number of aromatic nitrogens is 2. The number of carbonyl (C=O) groups excluding carboxylic acids is 1. The third kappa shape index (κ3) is 2.54. The van der Waals surface area contributed by atoms with Crippen LogP contribution in [0.4, 0.5) is 0 Å². The predicted octanol–water partition coefficient (Wildman–Crippen LogP) is 2.14. The average molecular weight is 344 g/mol. The second-order valence-corrected chi connectivity index (χ2v) is 5.06. The second kappa shape index (κ2) is 5.14. The number of halogens is 2. The van der Waals surface area contributed by atoms with Gasteiger partial charge in [-0.05, 0) is 41.1 Å². The van der Waals surface area contributed by atoms with Gasteiger partial charge in [0.05, 0.1) is 16.3 Å². The van der Waals surface area contributed by atoms with Gasteiger partial charge in [-0.1, -0.05) is 11.6 Å². The fourth-order valence-electron chi connectivity index (χ4n) is 1.58. The second-order valence-electron chi connectivity index (χ2n) is 3.80. The number of carbonyl (C=O) groups is 1. The van der Waals surface area contributed by atoms with Crippen LogP contribution in [0.15, 0.2) is 38.5 Å². The molecule has 0 bridgehead atoms. The molecule has 0 unspecified atom stereocenters. The standard InChI is InChI=1S/C12H8BrClN2O3/c1-6(17)8-5-15-12(19)16(11(8)18)7-2-3-10(14)9(13)4-7/h2-5H,1H3,(H,15,19). The van der Waals surface area contributed by atoms with Crippen molar-refractivity contribution in [1.29, 1.82) is 0 Å². The molecule has 0 amide bonds. The highest BCUT2D eigenvalue weighted by molar-refractivity contribution is 9.10. The Morgan fingerprint density at radius 1 is 1.37 bits per heavy atom. The first-order valence-corrected chi connectivity index (χ1v) is 6.40. The molecular formula is C12H8BrClN2O3. The Hall–Kier alpha value is -1.66. The molecule has 98 valence electrons. The lowest BCUT2D eigenvalue weighted by molar-refractivity contribution is 0.101. The zero-order valence-corrected chi connectivity index (χ0v) is 12.1. The van der Waals surface area contributed by atoms with E-state index in [-0.39, 0.29) is 5.56 Å². The molecular weight excluding hydrogens is 336 g/mol. The number of nitrogens with one attached hydrogen (secondary N) is 1. The number of hydrogen-bond donors (Lipinski definition) is 1. The summed E-state index contributed by atoms with van der Waals surface area (Å²) in [5, 5.41) is 0.455. The van der Waals surface area contributed by atoms with Crippen molar-refractivity contribution >= 4 is 33.3 Å². The van der Waals surface area contributed by atoms with Gasteiger partial charge in [0.15, 0.2) is 5.78 Å². The van der Waals surface area contributed by atoms with Crippen LogP contribution >= 0.6 is 27.5 Å². The van der Waals surface area contributed by atoms with Crippen LogP contribution in [0.25, 0.3) is 5.69 Å². The van der Waals surface area contributed by atoms with Crippen LogP contribution in [0.3, 0.4) is 0 Å². The van der Waals surface area contributed by atoms with E-state index in [0.29, 0.717) is 15.2 Å². The number of nitrogens with zero attached hydrogens (tertiary/aromatic N) is 1. The summed E-state index contributed by atoms with van der Waals surface area (Å²) in [5.74, 6) is -0.414. The molecule has 0 atom stereocenters. The summed E-state index contributed by atoms with van der Waals surface area (Å²) in [6.45, 7) is 1.26. The lowest BCUT2D eigenvalue weighted by Gasteiger charge is -2.06. The van der Waals surface area contributed by atoms with Gasteiger partial charge in [-0.3, -0.25) is 9.59 Å². The topological polar surface area (TPSA) is 71.9 Å². The predicted molar refractivity (Wildman–Crippen MR) is 75.4 cm³/mol. The first-order valence-electron chi connectivity index (χ1n) is 5.23. The summed E-state index contributed by atoms with van der Waals surface area (Å²) < 4.78 is 1.43.